The maximum Gasteiger partial charge on any atom is 0.0184 e. The lowest BCUT2D eigenvalue weighted by Gasteiger charge is -2.15. The van der Waals surface area contributed by atoms with Crippen LogP contribution in [0.1, 0.15) is 49.3 Å². The molecule has 0 bridgehead atoms. The summed E-state index contributed by atoms with van der Waals surface area (Å²) in [7, 11) is 0. The second-order valence-corrected chi connectivity index (χ2v) is 6.78. The number of hydrogen-bond donors (Lipinski definition) is 0. The molecule has 2 aromatic carbocycles. The maximum absolute atomic E-state index is 3.69. The van der Waals surface area contributed by atoms with Gasteiger partial charge in [0.2, 0.25) is 0 Å². The Bertz CT molecular complexity index is 682. The molecule has 0 nitrogen and oxygen atoms in total. The molecule has 0 saturated heterocycles. The number of halogens is 1. The highest BCUT2D eigenvalue weighted by Crippen LogP contribution is 2.40. The second kappa shape index (κ2) is 6.19. The van der Waals surface area contributed by atoms with E-state index in [9.17, 15) is 0 Å². The van der Waals surface area contributed by atoms with E-state index in [-0.39, 0.29) is 0 Å². The Kier molecular flexibility index (Phi) is 4.30. The number of benzene rings is 2. The molecule has 0 radical (unpaired) electrons. The monoisotopic (exact) mass is 340 g/mol. The van der Waals surface area contributed by atoms with Crippen molar-refractivity contribution in [3.8, 4) is 11.1 Å². The van der Waals surface area contributed by atoms with Crippen LogP contribution in [0.2, 0.25) is 0 Å². The highest BCUT2D eigenvalue weighted by molar-refractivity contribution is 9.10. The Labute approximate surface area is 136 Å². The minimum atomic E-state index is 0.513. The molecule has 0 spiro atoms. The third kappa shape index (κ3) is 2.85. The largest absolute Gasteiger partial charge is 0.0766 e. The van der Waals surface area contributed by atoms with Gasteiger partial charge in [-0.2, -0.15) is 0 Å². The molecule has 21 heavy (non-hydrogen) atoms. The zero-order chi connectivity index (χ0) is 14.8. The van der Waals surface area contributed by atoms with Crippen LogP contribution < -0.4 is 0 Å². The number of unbranched alkanes of at least 4 members (excludes halogenated alkanes) is 1. The van der Waals surface area contributed by atoms with Crippen LogP contribution in [0.5, 0.6) is 0 Å². The molecule has 1 aliphatic rings. The summed E-state index contributed by atoms with van der Waals surface area (Å²) in [6, 6.07) is 13.4. The Morgan fingerprint density at radius 2 is 1.90 bits per heavy atom. The van der Waals surface area contributed by atoms with Gasteiger partial charge in [0.15, 0.2) is 0 Å². The minimum Gasteiger partial charge on any atom is -0.0766 e. The number of rotatable bonds is 4. The molecule has 0 saturated carbocycles. The molecular formula is C20H21Br. The van der Waals surface area contributed by atoms with E-state index in [2.05, 4.69) is 78.3 Å². The molecular weight excluding hydrogens is 320 g/mol. The highest BCUT2D eigenvalue weighted by atomic mass is 79.9. The van der Waals surface area contributed by atoms with E-state index in [0.717, 1.165) is 6.42 Å². The van der Waals surface area contributed by atoms with Gasteiger partial charge in [0.05, 0.1) is 0 Å². The van der Waals surface area contributed by atoms with E-state index in [1.807, 2.05) is 0 Å². The fourth-order valence-corrected chi connectivity index (χ4v) is 3.61. The topological polar surface area (TPSA) is 0 Å². The minimum absolute atomic E-state index is 0.513. The molecule has 108 valence electrons. The van der Waals surface area contributed by atoms with Crippen LogP contribution in [-0.4, -0.2) is 0 Å². The molecule has 0 amide bonds. The van der Waals surface area contributed by atoms with Gasteiger partial charge in [-0.05, 0) is 58.7 Å². The highest BCUT2D eigenvalue weighted by Gasteiger charge is 2.19. The van der Waals surface area contributed by atoms with Crippen LogP contribution in [0.25, 0.3) is 17.2 Å². The van der Waals surface area contributed by atoms with Gasteiger partial charge in [0, 0.05) is 4.47 Å². The van der Waals surface area contributed by atoms with Gasteiger partial charge in [-0.1, -0.05) is 72.6 Å². The van der Waals surface area contributed by atoms with Crippen molar-refractivity contribution in [2.75, 3.05) is 0 Å². The van der Waals surface area contributed by atoms with Gasteiger partial charge in [0.1, 0.15) is 0 Å². The van der Waals surface area contributed by atoms with Crippen LogP contribution in [0.15, 0.2) is 46.9 Å². The first-order valence-electron chi connectivity index (χ1n) is 7.80. The molecule has 3 rings (SSSR count). The van der Waals surface area contributed by atoms with E-state index in [1.165, 1.54) is 45.1 Å². The van der Waals surface area contributed by atoms with Gasteiger partial charge >= 0.3 is 0 Å². The summed E-state index contributed by atoms with van der Waals surface area (Å²) in [6.07, 6.45) is 8.24. The predicted octanol–water partition coefficient (Wildman–Crippen LogP) is 6.59. The van der Waals surface area contributed by atoms with Crippen molar-refractivity contribution in [3.05, 3.63) is 63.6 Å². The predicted molar refractivity (Wildman–Crippen MR) is 95.6 cm³/mol. The fraction of sp³-hybridized carbons (Fsp3) is 0.300. The summed E-state index contributed by atoms with van der Waals surface area (Å²) in [4.78, 5) is 0. The average Bonchev–Trinajstić information content (AvgIpc) is 2.86. The lowest BCUT2D eigenvalue weighted by Crippen LogP contribution is -1.95. The van der Waals surface area contributed by atoms with Crippen LogP contribution in [0.3, 0.4) is 0 Å². The van der Waals surface area contributed by atoms with E-state index >= 15 is 0 Å². The lowest BCUT2D eigenvalue weighted by molar-refractivity contribution is 0.796. The van der Waals surface area contributed by atoms with Gasteiger partial charge in [0.25, 0.3) is 0 Å². The maximum atomic E-state index is 3.69. The van der Waals surface area contributed by atoms with Crippen molar-refractivity contribution in [1.29, 1.82) is 0 Å². The van der Waals surface area contributed by atoms with Crippen LogP contribution in [-0.2, 0) is 6.42 Å². The molecule has 0 N–H and O–H groups in total. The van der Waals surface area contributed by atoms with Crippen molar-refractivity contribution >= 4 is 22.0 Å². The van der Waals surface area contributed by atoms with Crippen LogP contribution >= 0.6 is 15.9 Å². The first kappa shape index (κ1) is 14.6. The van der Waals surface area contributed by atoms with E-state index in [1.54, 1.807) is 0 Å². The summed E-state index contributed by atoms with van der Waals surface area (Å²) >= 11 is 3.69. The van der Waals surface area contributed by atoms with Crippen molar-refractivity contribution in [2.24, 2.45) is 0 Å². The quantitative estimate of drug-likeness (QED) is 0.588. The molecule has 1 heteroatoms. The number of fused-ring (bicyclic) bond motifs is 1. The van der Waals surface area contributed by atoms with Crippen molar-refractivity contribution in [2.45, 2.75) is 39.0 Å². The van der Waals surface area contributed by atoms with E-state index < -0.39 is 0 Å². The second-order valence-electron chi connectivity index (χ2n) is 5.86. The van der Waals surface area contributed by atoms with Crippen LogP contribution in [0, 0.1) is 0 Å². The van der Waals surface area contributed by atoms with Gasteiger partial charge in [-0.15, -0.1) is 0 Å². The van der Waals surface area contributed by atoms with Crippen LogP contribution in [0.4, 0.5) is 0 Å². The zero-order valence-electron chi connectivity index (χ0n) is 12.7. The first-order valence-corrected chi connectivity index (χ1v) is 8.60. The molecule has 2 aromatic rings. The van der Waals surface area contributed by atoms with Gasteiger partial charge in [-0.25, -0.2) is 0 Å². The SMILES string of the molecule is CCCCc1ccccc1-c1cc(Br)cc2c1C=CC2C. The normalized spacial score (nSPS) is 16.2. The van der Waals surface area contributed by atoms with Crippen molar-refractivity contribution in [1.82, 2.24) is 0 Å². The summed E-state index contributed by atoms with van der Waals surface area (Å²) in [6.45, 7) is 4.52. The summed E-state index contributed by atoms with van der Waals surface area (Å²) in [5, 5.41) is 0. The summed E-state index contributed by atoms with van der Waals surface area (Å²) < 4.78 is 1.18. The molecule has 1 aliphatic carbocycles. The molecule has 0 fully saturated rings. The smallest absolute Gasteiger partial charge is 0.0184 e. The van der Waals surface area contributed by atoms with Crippen molar-refractivity contribution < 1.29 is 0 Å². The zero-order valence-corrected chi connectivity index (χ0v) is 14.3. The Hall–Kier alpha value is -1.34. The molecule has 0 heterocycles. The molecule has 1 atom stereocenters. The lowest BCUT2D eigenvalue weighted by atomic mass is 9.90. The molecule has 0 aliphatic heterocycles. The Balaban J connectivity index is 2.14. The molecule has 0 aromatic heterocycles. The standard InChI is InChI=1S/C20H21Br/c1-3-4-7-15-8-5-6-9-17(15)20-13-16(21)12-19-14(2)10-11-18(19)20/h5-6,8-14H,3-4,7H2,1-2H3. The average molecular weight is 341 g/mol. The fourth-order valence-electron chi connectivity index (χ4n) is 3.14. The van der Waals surface area contributed by atoms with Gasteiger partial charge < -0.3 is 0 Å². The Morgan fingerprint density at radius 3 is 2.71 bits per heavy atom. The molecule has 1 unspecified atom stereocenters. The summed E-state index contributed by atoms with van der Waals surface area (Å²) in [5.41, 5.74) is 7.06. The number of aryl methyl sites for hydroxylation is 1. The van der Waals surface area contributed by atoms with E-state index in [0.29, 0.717) is 5.92 Å². The third-order valence-electron chi connectivity index (χ3n) is 4.33. The van der Waals surface area contributed by atoms with E-state index in [4.69, 9.17) is 0 Å². The summed E-state index contributed by atoms with van der Waals surface area (Å²) in [5.74, 6) is 0.513. The van der Waals surface area contributed by atoms with Gasteiger partial charge in [-0.3, -0.25) is 0 Å². The Morgan fingerprint density at radius 1 is 1.10 bits per heavy atom. The first-order chi connectivity index (χ1) is 10.2. The number of allylic oxidation sites excluding steroid dienone is 1. The van der Waals surface area contributed by atoms with Crippen molar-refractivity contribution in [3.63, 3.8) is 0 Å². The third-order valence-corrected chi connectivity index (χ3v) is 4.78. The number of hydrogen-bond acceptors (Lipinski definition) is 0.